The van der Waals surface area contributed by atoms with E-state index in [4.69, 9.17) is 0 Å². The molecule has 0 saturated heterocycles. The normalized spacial score (nSPS) is 12.1. The van der Waals surface area contributed by atoms with E-state index in [0.29, 0.717) is 6.54 Å². The van der Waals surface area contributed by atoms with Crippen LogP contribution in [0.4, 0.5) is 10.1 Å². The summed E-state index contributed by atoms with van der Waals surface area (Å²) < 4.78 is 39.7. The van der Waals surface area contributed by atoms with Gasteiger partial charge in [0, 0.05) is 26.1 Å². The Morgan fingerprint density at radius 2 is 1.68 bits per heavy atom. The number of halogens is 1. The van der Waals surface area contributed by atoms with Crippen LogP contribution in [0.3, 0.4) is 0 Å². The van der Waals surface area contributed by atoms with Crippen LogP contribution in [0.2, 0.25) is 0 Å². The van der Waals surface area contributed by atoms with Gasteiger partial charge in [0.2, 0.25) is 21.8 Å². The number of anilines is 1. The molecule has 0 heterocycles. The Balaban J connectivity index is 2.12. The second-order valence-electron chi connectivity index (χ2n) is 8.22. The summed E-state index contributed by atoms with van der Waals surface area (Å²) >= 11 is 0. The smallest absolute Gasteiger partial charge is 0.242 e. The van der Waals surface area contributed by atoms with Crippen LogP contribution in [-0.4, -0.2) is 50.5 Å². The molecule has 2 rings (SSSR count). The van der Waals surface area contributed by atoms with Gasteiger partial charge in [-0.3, -0.25) is 13.9 Å². The third-order valence-corrected chi connectivity index (χ3v) is 6.65. The first kappa shape index (κ1) is 27.3. The van der Waals surface area contributed by atoms with Gasteiger partial charge in [0.15, 0.2) is 0 Å². The number of unbranched alkanes of at least 4 members (excludes halogenated alkanes) is 1. The molecule has 34 heavy (non-hydrogen) atoms. The zero-order valence-corrected chi connectivity index (χ0v) is 20.9. The molecule has 0 spiro atoms. The molecule has 186 valence electrons. The van der Waals surface area contributed by atoms with Gasteiger partial charge in [-0.25, -0.2) is 12.8 Å². The van der Waals surface area contributed by atoms with Crippen LogP contribution in [0, 0.1) is 5.82 Å². The number of carbonyl (C=O) groups is 2. The lowest BCUT2D eigenvalue weighted by Crippen LogP contribution is -2.48. The molecule has 9 heteroatoms. The van der Waals surface area contributed by atoms with Crippen molar-refractivity contribution >= 4 is 27.5 Å². The van der Waals surface area contributed by atoms with Crippen LogP contribution in [0.25, 0.3) is 0 Å². The zero-order valence-electron chi connectivity index (χ0n) is 20.0. The number of nitrogens with zero attached hydrogens (tertiary/aromatic N) is 2. The largest absolute Gasteiger partial charge is 0.354 e. The SMILES string of the molecule is CCCCNC(=O)[C@@H](C)N(Cc1ccccc1)C(=O)CCCN(c1ccccc1F)S(C)(=O)=O. The number of hydrogen-bond donors (Lipinski definition) is 1. The Hall–Kier alpha value is -2.94. The van der Waals surface area contributed by atoms with Gasteiger partial charge < -0.3 is 10.2 Å². The monoisotopic (exact) mass is 491 g/mol. The second kappa shape index (κ2) is 13.1. The van der Waals surface area contributed by atoms with E-state index < -0.39 is 21.9 Å². The molecule has 2 aromatic carbocycles. The summed E-state index contributed by atoms with van der Waals surface area (Å²) in [5.41, 5.74) is 0.829. The van der Waals surface area contributed by atoms with Gasteiger partial charge in [0.05, 0.1) is 11.9 Å². The Morgan fingerprint density at radius 3 is 2.29 bits per heavy atom. The van der Waals surface area contributed by atoms with Crippen molar-refractivity contribution in [3.05, 3.63) is 66.0 Å². The quantitative estimate of drug-likeness (QED) is 0.433. The lowest BCUT2D eigenvalue weighted by atomic mass is 10.1. The van der Waals surface area contributed by atoms with Gasteiger partial charge in [0.25, 0.3) is 0 Å². The summed E-state index contributed by atoms with van der Waals surface area (Å²) in [5, 5.41) is 2.86. The lowest BCUT2D eigenvalue weighted by Gasteiger charge is -2.29. The summed E-state index contributed by atoms with van der Waals surface area (Å²) in [4.78, 5) is 27.3. The maximum atomic E-state index is 14.2. The summed E-state index contributed by atoms with van der Waals surface area (Å²) in [5.74, 6) is -1.16. The van der Waals surface area contributed by atoms with Gasteiger partial charge >= 0.3 is 0 Å². The molecule has 0 aliphatic rings. The molecule has 2 aromatic rings. The minimum Gasteiger partial charge on any atom is -0.354 e. The molecule has 0 aliphatic carbocycles. The first-order valence-electron chi connectivity index (χ1n) is 11.5. The molecule has 1 N–H and O–H groups in total. The summed E-state index contributed by atoms with van der Waals surface area (Å²) in [6.07, 6.45) is 2.99. The van der Waals surface area contributed by atoms with E-state index in [-0.39, 0.29) is 43.4 Å². The molecule has 2 amide bonds. The zero-order chi connectivity index (χ0) is 25.1. The van der Waals surface area contributed by atoms with E-state index >= 15 is 0 Å². The number of carbonyl (C=O) groups excluding carboxylic acids is 2. The van der Waals surface area contributed by atoms with Crippen molar-refractivity contribution in [1.29, 1.82) is 0 Å². The molecule has 1 atom stereocenters. The first-order chi connectivity index (χ1) is 16.1. The highest BCUT2D eigenvalue weighted by Crippen LogP contribution is 2.22. The third kappa shape index (κ3) is 8.13. The standard InChI is InChI=1S/C25H34FN3O4S/c1-4-5-17-27-25(31)20(2)28(19-21-12-7-6-8-13-21)24(30)16-11-18-29(34(3,32)33)23-15-10-9-14-22(23)26/h6-10,12-15,20H,4-5,11,16-19H2,1-3H3,(H,27,31)/t20-/m1/s1. The summed E-state index contributed by atoms with van der Waals surface area (Å²) in [7, 11) is -3.75. The highest BCUT2D eigenvalue weighted by molar-refractivity contribution is 7.92. The van der Waals surface area contributed by atoms with Crippen molar-refractivity contribution < 1.29 is 22.4 Å². The molecule has 7 nitrogen and oxygen atoms in total. The Bertz CT molecular complexity index is 1050. The number of amides is 2. The molecule has 0 aliphatic heterocycles. The maximum Gasteiger partial charge on any atom is 0.242 e. The van der Waals surface area contributed by atoms with E-state index in [1.165, 1.54) is 23.1 Å². The maximum absolute atomic E-state index is 14.2. The average molecular weight is 492 g/mol. The fraction of sp³-hybridized carbons (Fsp3) is 0.440. The van der Waals surface area contributed by atoms with Crippen molar-refractivity contribution in [3.8, 4) is 0 Å². The molecular formula is C25H34FN3O4S. The minimum absolute atomic E-state index is 0.0138. The second-order valence-corrected chi connectivity index (χ2v) is 10.1. The van der Waals surface area contributed by atoms with Gasteiger partial charge in [-0.05, 0) is 37.5 Å². The predicted molar refractivity (Wildman–Crippen MR) is 132 cm³/mol. The number of hydrogen-bond acceptors (Lipinski definition) is 4. The van der Waals surface area contributed by atoms with Crippen molar-refractivity contribution in [1.82, 2.24) is 10.2 Å². The fourth-order valence-corrected chi connectivity index (χ4v) is 4.50. The summed E-state index contributed by atoms with van der Waals surface area (Å²) in [6.45, 7) is 4.46. The topological polar surface area (TPSA) is 86.8 Å². The van der Waals surface area contributed by atoms with Crippen LogP contribution in [0.5, 0.6) is 0 Å². The molecule has 0 saturated carbocycles. The van der Waals surface area contributed by atoms with E-state index in [2.05, 4.69) is 5.32 Å². The number of nitrogens with one attached hydrogen (secondary N) is 1. The highest BCUT2D eigenvalue weighted by atomic mass is 32.2. The summed E-state index contributed by atoms with van der Waals surface area (Å²) in [6, 6.07) is 14.3. The third-order valence-electron chi connectivity index (χ3n) is 5.47. The van der Waals surface area contributed by atoms with E-state index in [9.17, 15) is 22.4 Å². The average Bonchev–Trinajstić information content (AvgIpc) is 2.80. The number of para-hydroxylation sites is 1. The number of rotatable bonds is 13. The molecule has 0 bridgehead atoms. The predicted octanol–water partition coefficient (Wildman–Crippen LogP) is 3.71. The Morgan fingerprint density at radius 1 is 1.03 bits per heavy atom. The van der Waals surface area contributed by atoms with Crippen molar-refractivity contribution in [2.24, 2.45) is 0 Å². The van der Waals surface area contributed by atoms with E-state index in [1.54, 1.807) is 13.0 Å². The van der Waals surface area contributed by atoms with Crippen molar-refractivity contribution in [3.63, 3.8) is 0 Å². The molecule has 0 unspecified atom stereocenters. The van der Waals surface area contributed by atoms with Crippen LogP contribution in [0.15, 0.2) is 54.6 Å². The van der Waals surface area contributed by atoms with Gasteiger partial charge in [0.1, 0.15) is 11.9 Å². The van der Waals surface area contributed by atoms with E-state index in [0.717, 1.165) is 29.0 Å². The number of sulfonamides is 1. The molecule has 0 fully saturated rings. The van der Waals surface area contributed by atoms with Crippen LogP contribution < -0.4 is 9.62 Å². The Kier molecular flexibility index (Phi) is 10.5. The van der Waals surface area contributed by atoms with Crippen LogP contribution in [-0.2, 0) is 26.2 Å². The molecule has 0 aromatic heterocycles. The minimum atomic E-state index is -3.75. The fourth-order valence-electron chi connectivity index (χ4n) is 3.54. The first-order valence-corrected chi connectivity index (χ1v) is 13.3. The Labute approximate surface area is 202 Å². The van der Waals surface area contributed by atoms with E-state index in [1.807, 2.05) is 37.3 Å². The van der Waals surface area contributed by atoms with Gasteiger partial charge in [-0.2, -0.15) is 0 Å². The molecule has 0 radical (unpaired) electrons. The number of benzene rings is 2. The van der Waals surface area contributed by atoms with Crippen LogP contribution >= 0.6 is 0 Å². The lowest BCUT2D eigenvalue weighted by molar-refractivity contribution is -0.140. The van der Waals surface area contributed by atoms with Crippen molar-refractivity contribution in [2.45, 2.75) is 52.1 Å². The van der Waals surface area contributed by atoms with Gasteiger partial charge in [-0.15, -0.1) is 0 Å². The molecular weight excluding hydrogens is 457 g/mol. The van der Waals surface area contributed by atoms with Crippen molar-refractivity contribution in [2.75, 3.05) is 23.7 Å². The van der Waals surface area contributed by atoms with Crippen LogP contribution in [0.1, 0.15) is 45.1 Å². The van der Waals surface area contributed by atoms with Gasteiger partial charge in [-0.1, -0.05) is 55.8 Å². The highest BCUT2D eigenvalue weighted by Gasteiger charge is 2.27.